The minimum atomic E-state index is -0.912. The van der Waals surface area contributed by atoms with E-state index in [1.807, 2.05) is 20.2 Å². The van der Waals surface area contributed by atoms with Crippen molar-refractivity contribution in [2.75, 3.05) is 19.0 Å². The SMILES string of the molecule is CN(C)c1ccc(Br)cc1C(=O)O. The van der Waals surface area contributed by atoms with Crippen LogP contribution in [0.2, 0.25) is 0 Å². The van der Waals surface area contributed by atoms with E-state index in [2.05, 4.69) is 15.9 Å². The highest BCUT2D eigenvalue weighted by Crippen LogP contribution is 2.22. The summed E-state index contributed by atoms with van der Waals surface area (Å²) in [4.78, 5) is 12.6. The topological polar surface area (TPSA) is 40.5 Å². The third kappa shape index (κ3) is 2.21. The van der Waals surface area contributed by atoms with E-state index in [0.717, 1.165) is 4.47 Å². The van der Waals surface area contributed by atoms with Crippen LogP contribution in [0.15, 0.2) is 22.7 Å². The van der Waals surface area contributed by atoms with Crippen LogP contribution in [0.5, 0.6) is 0 Å². The molecule has 0 bridgehead atoms. The van der Waals surface area contributed by atoms with Gasteiger partial charge in [-0.05, 0) is 18.2 Å². The highest BCUT2D eigenvalue weighted by Gasteiger charge is 2.11. The number of carboxylic acids is 1. The molecular formula is C9H10BrNO2. The number of halogens is 1. The van der Waals surface area contributed by atoms with Gasteiger partial charge in [-0.25, -0.2) is 4.79 Å². The van der Waals surface area contributed by atoms with Gasteiger partial charge in [0, 0.05) is 18.6 Å². The molecule has 0 radical (unpaired) electrons. The van der Waals surface area contributed by atoms with Crippen molar-refractivity contribution >= 4 is 27.6 Å². The van der Waals surface area contributed by atoms with E-state index in [1.54, 1.807) is 17.0 Å². The molecule has 0 saturated heterocycles. The van der Waals surface area contributed by atoms with E-state index < -0.39 is 5.97 Å². The number of rotatable bonds is 2. The summed E-state index contributed by atoms with van der Waals surface area (Å²) in [6.07, 6.45) is 0. The fourth-order valence-electron chi connectivity index (χ4n) is 1.07. The number of aromatic carboxylic acids is 1. The Balaban J connectivity index is 3.27. The maximum atomic E-state index is 10.8. The molecule has 1 rings (SSSR count). The zero-order chi connectivity index (χ0) is 10.0. The number of carboxylic acid groups (broad SMARTS) is 1. The Bertz CT molecular complexity index is 336. The maximum absolute atomic E-state index is 10.8. The minimum Gasteiger partial charge on any atom is -0.478 e. The fraction of sp³-hybridized carbons (Fsp3) is 0.222. The Hall–Kier alpha value is -1.03. The summed E-state index contributed by atoms with van der Waals surface area (Å²) in [6.45, 7) is 0. The van der Waals surface area contributed by atoms with Gasteiger partial charge in [-0.15, -0.1) is 0 Å². The standard InChI is InChI=1S/C9H10BrNO2/c1-11(2)8-4-3-6(10)5-7(8)9(12)13/h3-5H,1-2H3,(H,12,13). The monoisotopic (exact) mass is 243 g/mol. The Morgan fingerprint density at radius 1 is 1.46 bits per heavy atom. The third-order valence-electron chi connectivity index (χ3n) is 1.67. The average molecular weight is 244 g/mol. The van der Waals surface area contributed by atoms with Crippen LogP contribution in [0.4, 0.5) is 5.69 Å². The molecule has 0 aliphatic rings. The number of hydrogen-bond donors (Lipinski definition) is 1. The summed E-state index contributed by atoms with van der Waals surface area (Å²) in [7, 11) is 3.63. The molecule has 0 spiro atoms. The van der Waals surface area contributed by atoms with Crippen LogP contribution in [0.1, 0.15) is 10.4 Å². The van der Waals surface area contributed by atoms with Crippen molar-refractivity contribution in [3.05, 3.63) is 28.2 Å². The molecule has 0 saturated carbocycles. The molecule has 0 aliphatic carbocycles. The molecular weight excluding hydrogens is 234 g/mol. The summed E-state index contributed by atoms with van der Waals surface area (Å²) in [5, 5.41) is 8.89. The summed E-state index contributed by atoms with van der Waals surface area (Å²) in [5.74, 6) is -0.912. The normalized spacial score (nSPS) is 9.77. The van der Waals surface area contributed by atoms with E-state index in [1.165, 1.54) is 0 Å². The summed E-state index contributed by atoms with van der Waals surface area (Å²) >= 11 is 3.23. The molecule has 0 amide bonds. The molecule has 0 heterocycles. The van der Waals surface area contributed by atoms with Gasteiger partial charge in [0.15, 0.2) is 0 Å². The fourth-order valence-corrected chi connectivity index (χ4v) is 1.43. The molecule has 70 valence electrons. The van der Waals surface area contributed by atoms with Gasteiger partial charge in [0.25, 0.3) is 0 Å². The number of benzene rings is 1. The molecule has 4 heteroatoms. The van der Waals surface area contributed by atoms with Crippen molar-refractivity contribution in [2.45, 2.75) is 0 Å². The Morgan fingerprint density at radius 3 is 2.54 bits per heavy atom. The first-order valence-corrected chi connectivity index (χ1v) is 4.52. The van der Waals surface area contributed by atoms with Gasteiger partial charge >= 0.3 is 5.97 Å². The van der Waals surface area contributed by atoms with Crippen molar-refractivity contribution in [3.8, 4) is 0 Å². The van der Waals surface area contributed by atoms with Gasteiger partial charge < -0.3 is 10.0 Å². The minimum absolute atomic E-state index is 0.305. The maximum Gasteiger partial charge on any atom is 0.337 e. The van der Waals surface area contributed by atoms with Crippen molar-refractivity contribution < 1.29 is 9.90 Å². The first-order chi connectivity index (χ1) is 6.02. The average Bonchev–Trinajstić information content (AvgIpc) is 2.03. The lowest BCUT2D eigenvalue weighted by molar-refractivity contribution is 0.0697. The molecule has 1 aromatic carbocycles. The van der Waals surface area contributed by atoms with Crippen molar-refractivity contribution in [1.82, 2.24) is 0 Å². The lowest BCUT2D eigenvalue weighted by Crippen LogP contribution is -2.13. The van der Waals surface area contributed by atoms with Crippen LogP contribution >= 0.6 is 15.9 Å². The number of nitrogens with zero attached hydrogens (tertiary/aromatic N) is 1. The molecule has 13 heavy (non-hydrogen) atoms. The van der Waals surface area contributed by atoms with E-state index in [-0.39, 0.29) is 0 Å². The van der Waals surface area contributed by atoms with E-state index >= 15 is 0 Å². The van der Waals surface area contributed by atoms with Crippen LogP contribution in [-0.2, 0) is 0 Å². The second kappa shape index (κ2) is 3.79. The number of anilines is 1. The highest BCUT2D eigenvalue weighted by atomic mass is 79.9. The molecule has 1 N–H and O–H groups in total. The van der Waals surface area contributed by atoms with Crippen LogP contribution < -0.4 is 4.90 Å². The van der Waals surface area contributed by atoms with Gasteiger partial charge in [-0.2, -0.15) is 0 Å². The largest absolute Gasteiger partial charge is 0.478 e. The van der Waals surface area contributed by atoms with Crippen molar-refractivity contribution in [3.63, 3.8) is 0 Å². The molecule has 0 aliphatic heterocycles. The zero-order valence-corrected chi connectivity index (χ0v) is 9.00. The lowest BCUT2D eigenvalue weighted by atomic mass is 10.1. The van der Waals surface area contributed by atoms with E-state index in [9.17, 15) is 4.79 Å². The number of carbonyl (C=O) groups is 1. The molecule has 0 atom stereocenters. The van der Waals surface area contributed by atoms with Crippen LogP contribution in [0.3, 0.4) is 0 Å². The lowest BCUT2D eigenvalue weighted by Gasteiger charge is -2.15. The first-order valence-electron chi connectivity index (χ1n) is 3.72. The molecule has 0 unspecified atom stereocenters. The van der Waals surface area contributed by atoms with Gasteiger partial charge in [0.2, 0.25) is 0 Å². The van der Waals surface area contributed by atoms with Crippen LogP contribution in [0.25, 0.3) is 0 Å². The summed E-state index contributed by atoms with van der Waals surface area (Å²) < 4.78 is 0.774. The van der Waals surface area contributed by atoms with Crippen molar-refractivity contribution in [2.24, 2.45) is 0 Å². The second-order valence-corrected chi connectivity index (χ2v) is 3.78. The molecule has 1 aromatic rings. The molecule has 0 fully saturated rings. The summed E-state index contributed by atoms with van der Waals surface area (Å²) in [5.41, 5.74) is 1.01. The van der Waals surface area contributed by atoms with Gasteiger partial charge in [-0.1, -0.05) is 15.9 Å². The van der Waals surface area contributed by atoms with E-state index in [4.69, 9.17) is 5.11 Å². The highest BCUT2D eigenvalue weighted by molar-refractivity contribution is 9.10. The first kappa shape index (κ1) is 10.1. The third-order valence-corrected chi connectivity index (χ3v) is 2.16. The number of hydrogen-bond acceptors (Lipinski definition) is 2. The predicted molar refractivity (Wildman–Crippen MR) is 55.4 cm³/mol. The second-order valence-electron chi connectivity index (χ2n) is 2.86. The molecule has 3 nitrogen and oxygen atoms in total. The van der Waals surface area contributed by atoms with Crippen LogP contribution in [-0.4, -0.2) is 25.2 Å². The van der Waals surface area contributed by atoms with Crippen molar-refractivity contribution in [1.29, 1.82) is 0 Å². The quantitative estimate of drug-likeness (QED) is 0.867. The smallest absolute Gasteiger partial charge is 0.337 e. The Kier molecular flexibility index (Phi) is 2.93. The Morgan fingerprint density at radius 2 is 2.08 bits per heavy atom. The van der Waals surface area contributed by atoms with Crippen LogP contribution in [0, 0.1) is 0 Å². The molecule has 0 aromatic heterocycles. The predicted octanol–water partition coefficient (Wildman–Crippen LogP) is 2.21. The van der Waals surface area contributed by atoms with Gasteiger partial charge in [-0.3, -0.25) is 0 Å². The van der Waals surface area contributed by atoms with E-state index in [0.29, 0.717) is 11.3 Å². The Labute approximate surface area is 85.1 Å². The van der Waals surface area contributed by atoms with Gasteiger partial charge in [0.1, 0.15) is 0 Å². The summed E-state index contributed by atoms with van der Waals surface area (Å²) in [6, 6.07) is 5.19. The van der Waals surface area contributed by atoms with Gasteiger partial charge in [0.05, 0.1) is 11.3 Å². The zero-order valence-electron chi connectivity index (χ0n) is 7.41.